The number of aryl methyl sites for hydroxylation is 2. The van der Waals surface area contributed by atoms with E-state index in [-0.39, 0.29) is 12.7 Å². The monoisotopic (exact) mass is 385 g/mol. The standard InChI is InChI=1S/C25H23NO3/c1-16-3-6-18(7-4-16)21-14-20(9-5-17(21)2)26-24(27)25(11-12-25)19-8-10-22-23(13-19)29-15-28-22/h3-10,13-14H,11-12,15H2,1-2H3,(H,26,27). The highest BCUT2D eigenvalue weighted by atomic mass is 16.7. The first-order valence-electron chi connectivity index (χ1n) is 9.94. The van der Waals surface area contributed by atoms with E-state index < -0.39 is 5.41 Å². The molecule has 3 aromatic carbocycles. The molecule has 29 heavy (non-hydrogen) atoms. The lowest BCUT2D eigenvalue weighted by molar-refractivity contribution is -0.118. The quantitative estimate of drug-likeness (QED) is 0.657. The highest BCUT2D eigenvalue weighted by Gasteiger charge is 2.51. The Labute approximate surface area is 170 Å². The number of ether oxygens (including phenoxy) is 2. The fraction of sp³-hybridized carbons (Fsp3) is 0.240. The molecule has 1 fully saturated rings. The molecule has 1 aliphatic carbocycles. The molecular formula is C25H23NO3. The summed E-state index contributed by atoms with van der Waals surface area (Å²) in [5, 5.41) is 3.15. The number of anilines is 1. The summed E-state index contributed by atoms with van der Waals surface area (Å²) in [7, 11) is 0. The Morgan fingerprint density at radius 2 is 1.66 bits per heavy atom. The lowest BCUT2D eigenvalue weighted by atomic mass is 9.94. The van der Waals surface area contributed by atoms with Gasteiger partial charge in [0.05, 0.1) is 5.41 Å². The van der Waals surface area contributed by atoms with E-state index in [1.54, 1.807) is 0 Å². The highest BCUT2D eigenvalue weighted by molar-refractivity contribution is 6.02. The van der Waals surface area contributed by atoms with Gasteiger partial charge in [0.2, 0.25) is 12.7 Å². The summed E-state index contributed by atoms with van der Waals surface area (Å²) in [5.74, 6) is 1.50. The van der Waals surface area contributed by atoms with Crippen LogP contribution in [0.15, 0.2) is 60.7 Å². The van der Waals surface area contributed by atoms with Crippen LogP contribution in [-0.2, 0) is 10.2 Å². The number of fused-ring (bicyclic) bond motifs is 1. The van der Waals surface area contributed by atoms with Gasteiger partial charge in [0.15, 0.2) is 11.5 Å². The molecule has 1 saturated carbocycles. The summed E-state index contributed by atoms with van der Waals surface area (Å²) in [4.78, 5) is 13.2. The van der Waals surface area contributed by atoms with Crippen molar-refractivity contribution in [3.8, 4) is 22.6 Å². The van der Waals surface area contributed by atoms with Gasteiger partial charge in [0.1, 0.15) is 0 Å². The third-order valence-electron chi connectivity index (χ3n) is 5.97. The van der Waals surface area contributed by atoms with E-state index in [9.17, 15) is 4.79 Å². The van der Waals surface area contributed by atoms with Crippen LogP contribution < -0.4 is 14.8 Å². The van der Waals surface area contributed by atoms with Gasteiger partial charge < -0.3 is 14.8 Å². The zero-order valence-electron chi connectivity index (χ0n) is 16.6. The molecule has 1 heterocycles. The smallest absolute Gasteiger partial charge is 0.235 e. The van der Waals surface area contributed by atoms with Crippen LogP contribution in [0.5, 0.6) is 11.5 Å². The predicted molar refractivity (Wildman–Crippen MR) is 113 cm³/mol. The topological polar surface area (TPSA) is 47.6 Å². The Balaban J connectivity index is 1.41. The molecule has 0 radical (unpaired) electrons. The zero-order valence-corrected chi connectivity index (χ0v) is 16.6. The maximum Gasteiger partial charge on any atom is 0.235 e. The molecule has 4 heteroatoms. The molecule has 1 N–H and O–H groups in total. The van der Waals surface area contributed by atoms with E-state index in [2.05, 4.69) is 55.6 Å². The molecule has 146 valence electrons. The molecule has 0 aromatic heterocycles. The fourth-order valence-electron chi connectivity index (χ4n) is 3.96. The van der Waals surface area contributed by atoms with Gasteiger partial charge in [-0.3, -0.25) is 4.79 Å². The van der Waals surface area contributed by atoms with Gasteiger partial charge in [-0.05, 0) is 73.2 Å². The predicted octanol–water partition coefficient (Wildman–Crippen LogP) is 5.37. The van der Waals surface area contributed by atoms with E-state index in [0.717, 1.165) is 46.7 Å². The summed E-state index contributed by atoms with van der Waals surface area (Å²) in [6.45, 7) is 4.41. The van der Waals surface area contributed by atoms with Crippen LogP contribution in [-0.4, -0.2) is 12.7 Å². The molecule has 0 bridgehead atoms. The molecule has 4 nitrogen and oxygen atoms in total. The van der Waals surface area contributed by atoms with Crippen molar-refractivity contribution in [2.24, 2.45) is 0 Å². The van der Waals surface area contributed by atoms with Crippen molar-refractivity contribution in [1.29, 1.82) is 0 Å². The van der Waals surface area contributed by atoms with E-state index in [0.29, 0.717) is 0 Å². The lowest BCUT2D eigenvalue weighted by Gasteiger charge is -2.17. The van der Waals surface area contributed by atoms with E-state index in [4.69, 9.17) is 9.47 Å². The van der Waals surface area contributed by atoms with Crippen LogP contribution >= 0.6 is 0 Å². The molecule has 1 aliphatic heterocycles. The lowest BCUT2D eigenvalue weighted by Crippen LogP contribution is -2.27. The van der Waals surface area contributed by atoms with Crippen LogP contribution in [0, 0.1) is 13.8 Å². The number of hydrogen-bond donors (Lipinski definition) is 1. The first-order valence-corrected chi connectivity index (χ1v) is 9.94. The van der Waals surface area contributed by atoms with Crippen LogP contribution in [0.1, 0.15) is 29.5 Å². The third-order valence-corrected chi connectivity index (χ3v) is 5.97. The van der Waals surface area contributed by atoms with Gasteiger partial charge in [-0.25, -0.2) is 0 Å². The Bertz CT molecular complexity index is 1100. The number of nitrogens with one attached hydrogen (secondary N) is 1. The molecule has 0 saturated heterocycles. The van der Waals surface area contributed by atoms with Crippen LogP contribution in [0.3, 0.4) is 0 Å². The van der Waals surface area contributed by atoms with Gasteiger partial charge >= 0.3 is 0 Å². The molecule has 0 spiro atoms. The van der Waals surface area contributed by atoms with Gasteiger partial charge in [-0.2, -0.15) is 0 Å². The Hall–Kier alpha value is -3.27. The Morgan fingerprint density at radius 1 is 0.897 bits per heavy atom. The van der Waals surface area contributed by atoms with Gasteiger partial charge in [0, 0.05) is 5.69 Å². The van der Waals surface area contributed by atoms with Crippen LogP contribution in [0.2, 0.25) is 0 Å². The Morgan fingerprint density at radius 3 is 2.41 bits per heavy atom. The number of carbonyl (C=O) groups is 1. The van der Waals surface area contributed by atoms with Crippen LogP contribution in [0.4, 0.5) is 5.69 Å². The highest BCUT2D eigenvalue weighted by Crippen LogP contribution is 2.51. The third kappa shape index (κ3) is 3.15. The minimum absolute atomic E-state index is 0.0371. The van der Waals surface area contributed by atoms with Crippen molar-refractivity contribution in [2.75, 3.05) is 12.1 Å². The summed E-state index contributed by atoms with van der Waals surface area (Å²) >= 11 is 0. The molecular weight excluding hydrogens is 362 g/mol. The van der Waals surface area contributed by atoms with E-state index in [1.807, 2.05) is 24.3 Å². The maximum absolute atomic E-state index is 13.2. The summed E-state index contributed by atoms with van der Waals surface area (Å²) in [6.07, 6.45) is 1.68. The minimum Gasteiger partial charge on any atom is -0.454 e. The largest absolute Gasteiger partial charge is 0.454 e. The van der Waals surface area contributed by atoms with E-state index >= 15 is 0 Å². The summed E-state index contributed by atoms with van der Waals surface area (Å²) in [5.41, 5.74) is 6.04. The van der Waals surface area contributed by atoms with Gasteiger partial charge in [0.25, 0.3) is 0 Å². The molecule has 3 aromatic rings. The first kappa shape index (κ1) is 17.8. The number of amides is 1. The zero-order chi connectivity index (χ0) is 20.0. The van der Waals surface area contributed by atoms with Crippen molar-refractivity contribution in [2.45, 2.75) is 32.1 Å². The molecule has 5 rings (SSSR count). The molecule has 1 amide bonds. The molecule has 2 aliphatic rings. The van der Waals surface area contributed by atoms with Crippen molar-refractivity contribution in [3.05, 3.63) is 77.4 Å². The summed E-state index contributed by atoms with van der Waals surface area (Å²) in [6, 6.07) is 20.4. The minimum atomic E-state index is -0.476. The number of benzene rings is 3. The second-order valence-corrected chi connectivity index (χ2v) is 8.00. The number of hydrogen-bond acceptors (Lipinski definition) is 3. The van der Waals surface area contributed by atoms with Crippen molar-refractivity contribution < 1.29 is 14.3 Å². The first-order chi connectivity index (χ1) is 14.0. The molecule has 0 atom stereocenters. The van der Waals surface area contributed by atoms with Crippen molar-refractivity contribution in [3.63, 3.8) is 0 Å². The second-order valence-electron chi connectivity index (χ2n) is 8.00. The number of rotatable bonds is 4. The van der Waals surface area contributed by atoms with Crippen molar-refractivity contribution >= 4 is 11.6 Å². The maximum atomic E-state index is 13.2. The normalized spacial score (nSPS) is 15.8. The average molecular weight is 385 g/mol. The van der Waals surface area contributed by atoms with Crippen LogP contribution in [0.25, 0.3) is 11.1 Å². The molecule has 0 unspecified atom stereocenters. The average Bonchev–Trinajstić information content (AvgIpc) is 3.41. The van der Waals surface area contributed by atoms with E-state index in [1.165, 1.54) is 11.1 Å². The van der Waals surface area contributed by atoms with Gasteiger partial charge in [-0.15, -0.1) is 0 Å². The van der Waals surface area contributed by atoms with Crippen molar-refractivity contribution in [1.82, 2.24) is 0 Å². The summed E-state index contributed by atoms with van der Waals surface area (Å²) < 4.78 is 10.9. The SMILES string of the molecule is Cc1ccc(-c2cc(NC(=O)C3(c4ccc5c(c4)OCO5)CC3)ccc2C)cc1. The Kier molecular flexibility index (Phi) is 4.09. The fourth-order valence-corrected chi connectivity index (χ4v) is 3.96. The second kappa shape index (κ2) is 6.66. The number of carbonyl (C=O) groups excluding carboxylic acids is 1. The van der Waals surface area contributed by atoms with Gasteiger partial charge in [-0.1, -0.05) is 42.0 Å².